The lowest BCUT2D eigenvalue weighted by Gasteiger charge is -2.10. The lowest BCUT2D eigenvalue weighted by Crippen LogP contribution is -2.36. The summed E-state index contributed by atoms with van der Waals surface area (Å²) in [6, 6.07) is 4.51. The molecule has 0 fully saturated rings. The van der Waals surface area contributed by atoms with E-state index in [1.165, 1.54) is 20.1 Å². The summed E-state index contributed by atoms with van der Waals surface area (Å²) in [5, 5.41) is 2.36. The van der Waals surface area contributed by atoms with Crippen molar-refractivity contribution in [2.75, 3.05) is 13.7 Å². The third-order valence-electron chi connectivity index (χ3n) is 3.73. The standard InChI is InChI=1S/C17H17F3N2O6S/c1-10-14(16(24)27-2)7-12(28-10)8-21-15(23)9-22-29(25,26)13-5-3-4-11(6-13)17(18,19)20/h3-7,22H,8-9H2,1-2H3,(H,21,23). The van der Waals surface area contributed by atoms with Gasteiger partial charge in [-0.3, -0.25) is 4.79 Å². The summed E-state index contributed by atoms with van der Waals surface area (Å²) in [6.45, 7) is 0.685. The Morgan fingerprint density at radius 1 is 1.21 bits per heavy atom. The molecule has 2 aromatic rings. The molecule has 2 N–H and O–H groups in total. The van der Waals surface area contributed by atoms with Crippen LogP contribution in [-0.4, -0.2) is 33.9 Å². The van der Waals surface area contributed by atoms with Crippen molar-refractivity contribution < 1.29 is 40.3 Å². The quantitative estimate of drug-likeness (QED) is 0.644. The summed E-state index contributed by atoms with van der Waals surface area (Å²) in [5.41, 5.74) is -0.943. The topological polar surface area (TPSA) is 115 Å². The first-order valence-corrected chi connectivity index (χ1v) is 9.53. The van der Waals surface area contributed by atoms with Gasteiger partial charge in [-0.05, 0) is 31.2 Å². The van der Waals surface area contributed by atoms with Crippen LogP contribution < -0.4 is 10.0 Å². The van der Waals surface area contributed by atoms with Gasteiger partial charge in [-0.15, -0.1) is 0 Å². The van der Waals surface area contributed by atoms with E-state index in [9.17, 15) is 31.2 Å². The molecule has 29 heavy (non-hydrogen) atoms. The monoisotopic (exact) mass is 434 g/mol. The minimum absolute atomic E-state index is 0.137. The Hall–Kier alpha value is -2.86. The number of carbonyl (C=O) groups is 2. The van der Waals surface area contributed by atoms with Gasteiger partial charge in [0.2, 0.25) is 15.9 Å². The Balaban J connectivity index is 1.96. The number of halogens is 3. The highest BCUT2D eigenvalue weighted by molar-refractivity contribution is 7.89. The van der Waals surface area contributed by atoms with Gasteiger partial charge in [0.05, 0.1) is 30.7 Å². The summed E-state index contributed by atoms with van der Waals surface area (Å²) in [5.74, 6) is -0.852. The molecule has 0 spiro atoms. The first kappa shape index (κ1) is 22.4. The lowest BCUT2D eigenvalue weighted by atomic mass is 10.2. The van der Waals surface area contributed by atoms with Gasteiger partial charge in [-0.1, -0.05) is 6.07 Å². The number of furan rings is 1. The van der Waals surface area contributed by atoms with Crippen molar-refractivity contribution in [3.8, 4) is 0 Å². The number of amides is 1. The van der Waals surface area contributed by atoms with Gasteiger partial charge in [-0.2, -0.15) is 13.2 Å². The molecule has 0 saturated carbocycles. The van der Waals surface area contributed by atoms with Gasteiger partial charge >= 0.3 is 12.1 Å². The Kier molecular flexibility index (Phi) is 6.69. The zero-order valence-corrected chi connectivity index (χ0v) is 16.1. The van der Waals surface area contributed by atoms with Gasteiger partial charge in [0.15, 0.2) is 0 Å². The maximum Gasteiger partial charge on any atom is 0.416 e. The third kappa shape index (κ3) is 5.81. The molecule has 0 bridgehead atoms. The minimum Gasteiger partial charge on any atom is -0.465 e. The number of benzene rings is 1. The van der Waals surface area contributed by atoms with Crippen molar-refractivity contribution in [1.82, 2.24) is 10.0 Å². The van der Waals surface area contributed by atoms with E-state index in [2.05, 4.69) is 10.1 Å². The molecular weight excluding hydrogens is 417 g/mol. The first-order chi connectivity index (χ1) is 13.4. The van der Waals surface area contributed by atoms with Crippen molar-refractivity contribution >= 4 is 21.9 Å². The van der Waals surface area contributed by atoms with Crippen LogP contribution in [0.15, 0.2) is 39.6 Å². The number of hydrogen-bond donors (Lipinski definition) is 2. The van der Waals surface area contributed by atoms with E-state index in [0.29, 0.717) is 6.07 Å². The smallest absolute Gasteiger partial charge is 0.416 e. The number of rotatable bonds is 7. The molecule has 1 aromatic heterocycles. The van der Waals surface area contributed by atoms with E-state index in [1.54, 1.807) is 0 Å². The summed E-state index contributed by atoms with van der Waals surface area (Å²) in [6.07, 6.45) is -4.70. The average Bonchev–Trinajstić information content (AvgIpc) is 3.04. The summed E-state index contributed by atoms with van der Waals surface area (Å²) in [4.78, 5) is 22.7. The van der Waals surface area contributed by atoms with E-state index in [0.717, 1.165) is 18.2 Å². The normalized spacial score (nSPS) is 11.9. The molecule has 0 aliphatic heterocycles. The molecule has 12 heteroatoms. The van der Waals surface area contributed by atoms with Crippen LogP contribution in [0, 0.1) is 6.92 Å². The second-order valence-corrected chi connectivity index (χ2v) is 7.57. The lowest BCUT2D eigenvalue weighted by molar-refractivity contribution is -0.137. The predicted molar refractivity (Wildman–Crippen MR) is 93.3 cm³/mol. The van der Waals surface area contributed by atoms with Crippen molar-refractivity contribution in [3.63, 3.8) is 0 Å². The molecule has 0 saturated heterocycles. The summed E-state index contributed by atoms with van der Waals surface area (Å²) < 4.78 is 74.2. The number of ether oxygens (including phenoxy) is 1. The van der Waals surface area contributed by atoms with Crippen molar-refractivity contribution in [2.45, 2.75) is 24.5 Å². The fourth-order valence-electron chi connectivity index (χ4n) is 2.28. The Labute approximate surface area is 164 Å². The number of alkyl halides is 3. The Morgan fingerprint density at radius 2 is 1.90 bits per heavy atom. The molecule has 8 nitrogen and oxygen atoms in total. The van der Waals surface area contributed by atoms with Crippen LogP contribution in [0.5, 0.6) is 0 Å². The first-order valence-electron chi connectivity index (χ1n) is 8.05. The molecule has 2 rings (SSSR count). The van der Waals surface area contributed by atoms with E-state index < -0.39 is 45.1 Å². The fraction of sp³-hybridized carbons (Fsp3) is 0.294. The maximum absolute atomic E-state index is 12.7. The van der Waals surface area contributed by atoms with E-state index in [1.807, 2.05) is 4.72 Å². The van der Waals surface area contributed by atoms with Gasteiger partial charge in [-0.25, -0.2) is 17.9 Å². The van der Waals surface area contributed by atoms with Crippen LogP contribution in [0.1, 0.15) is 27.4 Å². The average molecular weight is 434 g/mol. The van der Waals surface area contributed by atoms with Crippen molar-refractivity contribution in [1.29, 1.82) is 0 Å². The molecular formula is C17H17F3N2O6S. The molecule has 1 heterocycles. The number of aryl methyl sites for hydroxylation is 1. The molecule has 1 amide bonds. The number of sulfonamides is 1. The number of methoxy groups -OCH3 is 1. The molecule has 0 unspecified atom stereocenters. The van der Waals surface area contributed by atoms with Gasteiger partial charge in [0.1, 0.15) is 17.1 Å². The second-order valence-electron chi connectivity index (χ2n) is 5.80. The zero-order chi connectivity index (χ0) is 21.8. The van der Waals surface area contributed by atoms with Gasteiger partial charge < -0.3 is 14.5 Å². The molecule has 0 aliphatic rings. The largest absolute Gasteiger partial charge is 0.465 e. The highest BCUT2D eigenvalue weighted by atomic mass is 32.2. The SMILES string of the molecule is COC(=O)c1cc(CNC(=O)CNS(=O)(=O)c2cccc(C(F)(F)F)c2)oc1C. The van der Waals surface area contributed by atoms with Crippen molar-refractivity contribution in [2.24, 2.45) is 0 Å². The van der Waals surface area contributed by atoms with Crippen LogP contribution >= 0.6 is 0 Å². The number of carbonyl (C=O) groups excluding carboxylic acids is 2. The molecule has 0 atom stereocenters. The van der Waals surface area contributed by atoms with Gasteiger partial charge in [0.25, 0.3) is 0 Å². The second kappa shape index (κ2) is 8.66. The highest BCUT2D eigenvalue weighted by Gasteiger charge is 2.31. The van der Waals surface area contributed by atoms with E-state index in [4.69, 9.17) is 4.42 Å². The molecule has 0 aliphatic carbocycles. The number of esters is 1. The maximum atomic E-state index is 12.7. The zero-order valence-electron chi connectivity index (χ0n) is 15.3. The predicted octanol–water partition coefficient (Wildman–Crippen LogP) is 1.99. The highest BCUT2D eigenvalue weighted by Crippen LogP contribution is 2.30. The Bertz CT molecular complexity index is 1010. The van der Waals surface area contributed by atoms with Crippen LogP contribution in [-0.2, 0) is 32.3 Å². The van der Waals surface area contributed by atoms with Gasteiger partial charge in [0, 0.05) is 0 Å². The van der Waals surface area contributed by atoms with E-state index >= 15 is 0 Å². The van der Waals surface area contributed by atoms with Crippen LogP contribution in [0.2, 0.25) is 0 Å². The third-order valence-corrected chi connectivity index (χ3v) is 5.13. The molecule has 0 radical (unpaired) electrons. The minimum atomic E-state index is -4.70. The summed E-state index contributed by atoms with van der Waals surface area (Å²) in [7, 11) is -3.13. The van der Waals surface area contributed by atoms with Crippen LogP contribution in [0.3, 0.4) is 0 Å². The Morgan fingerprint density at radius 3 is 2.52 bits per heavy atom. The molecule has 158 valence electrons. The van der Waals surface area contributed by atoms with E-state index in [-0.39, 0.29) is 23.6 Å². The molecule has 1 aromatic carbocycles. The number of hydrogen-bond acceptors (Lipinski definition) is 6. The van der Waals surface area contributed by atoms with Crippen LogP contribution in [0.4, 0.5) is 13.2 Å². The fourth-order valence-corrected chi connectivity index (χ4v) is 3.30. The van der Waals surface area contributed by atoms with Crippen LogP contribution in [0.25, 0.3) is 0 Å². The number of nitrogens with one attached hydrogen (secondary N) is 2. The summed E-state index contributed by atoms with van der Waals surface area (Å²) >= 11 is 0. The van der Waals surface area contributed by atoms with Crippen molar-refractivity contribution in [3.05, 3.63) is 53.0 Å².